The third-order valence-corrected chi connectivity index (χ3v) is 8.38. The maximum atomic E-state index is 12.6. The average Bonchev–Trinajstić information content (AvgIpc) is 2.63. The Labute approximate surface area is 164 Å². The Morgan fingerprint density at radius 2 is 2.07 bits per heavy atom. The molecule has 2 amide bonds. The highest BCUT2D eigenvalue weighted by Crippen LogP contribution is 2.33. The number of sulfone groups is 1. The Kier molecular flexibility index (Phi) is 6.15. The van der Waals surface area contributed by atoms with Gasteiger partial charge in [-0.1, -0.05) is 26.7 Å². The van der Waals surface area contributed by atoms with Gasteiger partial charge in [-0.25, -0.2) is 8.42 Å². The van der Waals surface area contributed by atoms with E-state index in [0.29, 0.717) is 23.3 Å². The van der Waals surface area contributed by atoms with E-state index >= 15 is 0 Å². The van der Waals surface area contributed by atoms with Gasteiger partial charge in [0, 0.05) is 17.4 Å². The first-order chi connectivity index (χ1) is 12.8. The zero-order chi connectivity index (χ0) is 19.6. The SMILES string of the molecule is C[C@@H]1[C@H](C)CCC[C@@H]1NC(=O)CCS(=O)(=O)c1ccc2c(c1)NC(=O)CS2. The number of carbonyl (C=O) groups is 2. The minimum absolute atomic E-state index is 0.0574. The van der Waals surface area contributed by atoms with Crippen LogP contribution in [0.15, 0.2) is 28.0 Å². The van der Waals surface area contributed by atoms with Crippen LogP contribution in [0.2, 0.25) is 0 Å². The Hall–Kier alpha value is -1.54. The van der Waals surface area contributed by atoms with Crippen LogP contribution in [0, 0.1) is 11.8 Å². The van der Waals surface area contributed by atoms with Crippen LogP contribution in [0.25, 0.3) is 0 Å². The molecule has 2 aliphatic rings. The lowest BCUT2D eigenvalue weighted by Crippen LogP contribution is -2.44. The highest BCUT2D eigenvalue weighted by Gasteiger charge is 2.28. The zero-order valence-corrected chi connectivity index (χ0v) is 17.3. The number of benzene rings is 1. The summed E-state index contributed by atoms with van der Waals surface area (Å²) < 4.78 is 25.2. The quantitative estimate of drug-likeness (QED) is 0.779. The van der Waals surface area contributed by atoms with Crippen molar-refractivity contribution in [1.82, 2.24) is 5.32 Å². The number of thioether (sulfide) groups is 1. The summed E-state index contributed by atoms with van der Waals surface area (Å²) in [4.78, 5) is 24.8. The molecule has 0 radical (unpaired) electrons. The normalized spacial score (nSPS) is 25.4. The van der Waals surface area contributed by atoms with Crippen LogP contribution < -0.4 is 10.6 Å². The standard InChI is InChI=1S/C19H26N2O4S2/c1-12-4-3-5-15(13(12)2)20-18(22)8-9-27(24,25)14-6-7-17-16(10-14)21-19(23)11-26-17/h6-7,10,12-13,15H,3-5,8-9,11H2,1-2H3,(H,20,22)(H,21,23)/t12-,13-,15+/m1/s1. The van der Waals surface area contributed by atoms with Gasteiger partial charge in [-0.2, -0.15) is 0 Å². The van der Waals surface area contributed by atoms with E-state index in [2.05, 4.69) is 24.5 Å². The van der Waals surface area contributed by atoms with Crippen molar-refractivity contribution in [2.24, 2.45) is 11.8 Å². The van der Waals surface area contributed by atoms with Crippen LogP contribution in [0.4, 0.5) is 5.69 Å². The molecule has 0 spiro atoms. The van der Waals surface area contributed by atoms with Crippen molar-refractivity contribution in [2.75, 3.05) is 16.8 Å². The first-order valence-corrected chi connectivity index (χ1v) is 12.0. The Morgan fingerprint density at radius 3 is 2.85 bits per heavy atom. The number of rotatable bonds is 5. The zero-order valence-electron chi connectivity index (χ0n) is 15.7. The number of anilines is 1. The molecular formula is C19H26N2O4S2. The van der Waals surface area contributed by atoms with Gasteiger partial charge in [0.15, 0.2) is 9.84 Å². The van der Waals surface area contributed by atoms with Gasteiger partial charge in [-0.05, 0) is 36.5 Å². The Morgan fingerprint density at radius 1 is 1.30 bits per heavy atom. The van der Waals surface area contributed by atoms with Crippen LogP contribution in [0.3, 0.4) is 0 Å². The molecule has 1 aromatic carbocycles. The monoisotopic (exact) mass is 410 g/mol. The van der Waals surface area contributed by atoms with Crippen molar-refractivity contribution in [2.45, 2.75) is 55.4 Å². The molecule has 0 aromatic heterocycles. The summed E-state index contributed by atoms with van der Waals surface area (Å²) in [5.74, 6) is 0.702. The lowest BCUT2D eigenvalue weighted by Gasteiger charge is -2.34. The molecule has 1 aromatic rings. The van der Waals surface area contributed by atoms with Crippen molar-refractivity contribution in [1.29, 1.82) is 0 Å². The minimum Gasteiger partial charge on any atom is -0.353 e. The molecule has 3 rings (SSSR count). The van der Waals surface area contributed by atoms with Gasteiger partial charge in [-0.3, -0.25) is 9.59 Å². The molecule has 0 saturated heterocycles. The fourth-order valence-corrected chi connectivity index (χ4v) is 5.72. The van der Waals surface area contributed by atoms with Crippen molar-refractivity contribution in [3.05, 3.63) is 18.2 Å². The smallest absolute Gasteiger partial charge is 0.234 e. The third-order valence-electron chi connectivity index (χ3n) is 5.59. The highest BCUT2D eigenvalue weighted by molar-refractivity contribution is 8.00. The Bertz CT molecular complexity index is 838. The topological polar surface area (TPSA) is 92.3 Å². The van der Waals surface area contributed by atoms with E-state index in [-0.39, 0.29) is 34.9 Å². The van der Waals surface area contributed by atoms with E-state index < -0.39 is 9.84 Å². The van der Waals surface area contributed by atoms with Gasteiger partial charge < -0.3 is 10.6 Å². The minimum atomic E-state index is -3.59. The van der Waals surface area contributed by atoms with Gasteiger partial charge in [0.05, 0.1) is 22.1 Å². The van der Waals surface area contributed by atoms with E-state index in [4.69, 9.17) is 0 Å². The summed E-state index contributed by atoms with van der Waals surface area (Å²) in [5, 5.41) is 5.71. The number of hydrogen-bond acceptors (Lipinski definition) is 5. The summed E-state index contributed by atoms with van der Waals surface area (Å²) in [6.45, 7) is 4.34. The van der Waals surface area contributed by atoms with Crippen LogP contribution >= 0.6 is 11.8 Å². The molecule has 1 aliphatic carbocycles. The maximum absolute atomic E-state index is 12.6. The predicted molar refractivity (Wildman–Crippen MR) is 107 cm³/mol. The van der Waals surface area contributed by atoms with Crippen molar-refractivity contribution < 1.29 is 18.0 Å². The Balaban J connectivity index is 1.61. The van der Waals surface area contributed by atoms with Crippen LogP contribution in [0.5, 0.6) is 0 Å². The molecule has 6 nitrogen and oxygen atoms in total. The molecule has 0 unspecified atom stereocenters. The second kappa shape index (κ2) is 8.22. The van der Waals surface area contributed by atoms with E-state index in [1.54, 1.807) is 12.1 Å². The summed E-state index contributed by atoms with van der Waals surface area (Å²) in [6.07, 6.45) is 3.16. The molecule has 2 N–H and O–H groups in total. The van der Waals surface area contributed by atoms with Crippen molar-refractivity contribution in [3.8, 4) is 0 Å². The first-order valence-electron chi connectivity index (χ1n) is 9.35. The van der Waals surface area contributed by atoms with Crippen LogP contribution in [-0.2, 0) is 19.4 Å². The average molecular weight is 411 g/mol. The lowest BCUT2D eigenvalue weighted by molar-refractivity contribution is -0.122. The van der Waals surface area contributed by atoms with E-state index in [0.717, 1.165) is 17.7 Å². The summed E-state index contributed by atoms with van der Waals surface area (Å²) in [7, 11) is -3.59. The number of nitrogens with one attached hydrogen (secondary N) is 2. The molecule has 27 heavy (non-hydrogen) atoms. The van der Waals surface area contributed by atoms with E-state index in [9.17, 15) is 18.0 Å². The number of amides is 2. The molecule has 1 aliphatic heterocycles. The largest absolute Gasteiger partial charge is 0.353 e. The van der Waals surface area contributed by atoms with E-state index in [1.807, 2.05) is 0 Å². The number of fused-ring (bicyclic) bond motifs is 1. The number of hydrogen-bond donors (Lipinski definition) is 2. The van der Waals surface area contributed by atoms with Gasteiger partial charge in [0.1, 0.15) is 0 Å². The molecule has 1 fully saturated rings. The fraction of sp³-hybridized carbons (Fsp3) is 0.579. The number of carbonyl (C=O) groups excluding carboxylic acids is 2. The molecule has 1 saturated carbocycles. The molecule has 0 bridgehead atoms. The van der Waals surface area contributed by atoms with Gasteiger partial charge >= 0.3 is 0 Å². The second-order valence-corrected chi connectivity index (χ2v) is 10.6. The van der Waals surface area contributed by atoms with Crippen LogP contribution in [0.1, 0.15) is 39.5 Å². The van der Waals surface area contributed by atoms with Crippen molar-refractivity contribution in [3.63, 3.8) is 0 Å². The third kappa shape index (κ3) is 4.85. The maximum Gasteiger partial charge on any atom is 0.234 e. The second-order valence-electron chi connectivity index (χ2n) is 7.51. The molecular weight excluding hydrogens is 384 g/mol. The molecule has 1 heterocycles. The van der Waals surface area contributed by atoms with Crippen LogP contribution in [-0.4, -0.2) is 37.8 Å². The predicted octanol–water partition coefficient (Wildman–Crippen LogP) is 2.84. The fourth-order valence-electron chi connectivity index (χ4n) is 3.67. The highest BCUT2D eigenvalue weighted by atomic mass is 32.2. The molecule has 8 heteroatoms. The van der Waals surface area contributed by atoms with Gasteiger partial charge in [-0.15, -0.1) is 11.8 Å². The first kappa shape index (κ1) is 20.2. The van der Waals surface area contributed by atoms with Crippen molar-refractivity contribution >= 4 is 39.1 Å². The molecule has 3 atom stereocenters. The van der Waals surface area contributed by atoms with Gasteiger partial charge in [0.25, 0.3) is 0 Å². The van der Waals surface area contributed by atoms with E-state index in [1.165, 1.54) is 24.2 Å². The van der Waals surface area contributed by atoms with Gasteiger partial charge in [0.2, 0.25) is 11.8 Å². The summed E-state index contributed by atoms with van der Waals surface area (Å²) in [5.41, 5.74) is 0.520. The summed E-state index contributed by atoms with van der Waals surface area (Å²) >= 11 is 1.38. The lowest BCUT2D eigenvalue weighted by atomic mass is 9.78. The summed E-state index contributed by atoms with van der Waals surface area (Å²) in [6, 6.07) is 4.86. The molecule has 148 valence electrons.